The highest BCUT2D eigenvalue weighted by Crippen LogP contribution is 2.37. The lowest BCUT2D eigenvalue weighted by atomic mass is 9.90. The van der Waals surface area contributed by atoms with Gasteiger partial charge in [0.15, 0.2) is 11.6 Å². The molecule has 1 saturated heterocycles. The molecule has 0 N–H and O–H groups in total. The van der Waals surface area contributed by atoms with Gasteiger partial charge in [-0.2, -0.15) is 4.31 Å². The van der Waals surface area contributed by atoms with Crippen LogP contribution in [-0.2, 0) is 35.7 Å². The van der Waals surface area contributed by atoms with Crippen LogP contribution in [-0.4, -0.2) is 44.5 Å². The molecular weight excluding hydrogens is 554 g/mol. The van der Waals surface area contributed by atoms with E-state index in [4.69, 9.17) is 16.3 Å². The number of carbonyl (C=O) groups is 2. The first kappa shape index (κ1) is 28.0. The van der Waals surface area contributed by atoms with Gasteiger partial charge in [-0.15, -0.1) is 11.3 Å². The first-order valence-corrected chi connectivity index (χ1v) is 16.0. The molecule has 1 aliphatic heterocycles. The maximum atomic E-state index is 13.6. The number of thiophene rings is 1. The van der Waals surface area contributed by atoms with Gasteiger partial charge in [-0.05, 0) is 80.0 Å². The third-order valence-corrected chi connectivity index (χ3v) is 11.2. The van der Waals surface area contributed by atoms with Crippen molar-refractivity contribution in [3.63, 3.8) is 0 Å². The number of methoxy groups -OCH3 is 1. The monoisotopic (exact) mass is 585 g/mol. The highest BCUT2D eigenvalue weighted by Gasteiger charge is 2.30. The summed E-state index contributed by atoms with van der Waals surface area (Å²) in [4.78, 5) is 29.1. The Morgan fingerprint density at radius 1 is 0.923 bits per heavy atom. The highest BCUT2D eigenvalue weighted by atomic mass is 35.5. The van der Waals surface area contributed by atoms with Gasteiger partial charge >= 0.3 is 0 Å². The first-order valence-electron chi connectivity index (χ1n) is 13.4. The SMILES string of the molecule is COc1ccc(CC(=O)c2c(CC(=O)c3ccc(Cl)c(S(=O)(=O)N4CCCCC4)c3)sc3c2CCCC3)cc1. The number of fused-ring (bicyclic) bond motifs is 1. The molecule has 0 atom stereocenters. The van der Waals surface area contributed by atoms with Crippen LogP contribution < -0.4 is 4.74 Å². The summed E-state index contributed by atoms with van der Waals surface area (Å²) in [7, 11) is -2.19. The number of ether oxygens (including phenoxy) is 1. The van der Waals surface area contributed by atoms with Crippen molar-refractivity contribution < 1.29 is 22.7 Å². The van der Waals surface area contributed by atoms with Crippen molar-refractivity contribution in [3.05, 3.63) is 79.5 Å². The van der Waals surface area contributed by atoms with Crippen molar-refractivity contribution in [2.75, 3.05) is 20.2 Å². The van der Waals surface area contributed by atoms with E-state index in [9.17, 15) is 18.0 Å². The Bertz CT molecular complexity index is 1490. The first-order chi connectivity index (χ1) is 18.8. The van der Waals surface area contributed by atoms with Gasteiger partial charge in [0.1, 0.15) is 10.6 Å². The summed E-state index contributed by atoms with van der Waals surface area (Å²) in [5.74, 6) is 0.515. The molecule has 0 amide bonds. The van der Waals surface area contributed by atoms with Gasteiger partial charge in [0, 0.05) is 46.8 Å². The fourth-order valence-corrected chi connectivity index (χ4v) is 8.89. The van der Waals surface area contributed by atoms with Crippen LogP contribution in [0.2, 0.25) is 5.02 Å². The zero-order chi connectivity index (χ0) is 27.6. The van der Waals surface area contributed by atoms with Crippen molar-refractivity contribution in [1.29, 1.82) is 0 Å². The summed E-state index contributed by atoms with van der Waals surface area (Å²) in [6.07, 6.45) is 6.76. The van der Waals surface area contributed by atoms with Crippen LogP contribution in [0.3, 0.4) is 0 Å². The van der Waals surface area contributed by atoms with E-state index in [0.29, 0.717) is 18.7 Å². The summed E-state index contributed by atoms with van der Waals surface area (Å²) >= 11 is 7.88. The molecule has 6 nitrogen and oxygen atoms in total. The molecule has 0 unspecified atom stereocenters. The second-order valence-corrected chi connectivity index (χ2v) is 13.7. The summed E-state index contributed by atoms with van der Waals surface area (Å²) in [6, 6.07) is 11.9. The van der Waals surface area contributed by atoms with Gasteiger partial charge in [0.2, 0.25) is 10.0 Å². The Morgan fingerprint density at radius 3 is 2.36 bits per heavy atom. The number of halogens is 1. The standard InChI is InChI=1S/C30H32ClNO5S2/c1-37-22-12-9-20(10-13-22)17-26(34)30-23-7-3-4-8-27(23)38-28(30)19-25(33)21-11-14-24(31)29(18-21)39(35,36)32-15-5-2-6-16-32/h9-14,18H,2-8,15-17,19H2,1H3. The van der Waals surface area contributed by atoms with Crippen LogP contribution in [0, 0.1) is 0 Å². The van der Waals surface area contributed by atoms with Gasteiger partial charge in [0.25, 0.3) is 0 Å². The number of ketones is 2. The lowest BCUT2D eigenvalue weighted by molar-refractivity contribution is 0.0989. The summed E-state index contributed by atoms with van der Waals surface area (Å²) in [6.45, 7) is 0.911. The average Bonchev–Trinajstić information content (AvgIpc) is 3.32. The molecule has 206 valence electrons. The molecule has 1 aromatic heterocycles. The number of Topliss-reactive ketones (excluding diaryl/α,β-unsaturated/α-hetero) is 2. The predicted octanol–water partition coefficient (Wildman–Crippen LogP) is 6.31. The van der Waals surface area contributed by atoms with E-state index in [1.807, 2.05) is 24.3 Å². The van der Waals surface area contributed by atoms with Crippen molar-refractivity contribution >= 4 is 44.5 Å². The molecule has 1 fully saturated rings. The zero-order valence-corrected chi connectivity index (χ0v) is 24.4. The quantitative estimate of drug-likeness (QED) is 0.275. The minimum Gasteiger partial charge on any atom is -0.497 e. The maximum Gasteiger partial charge on any atom is 0.244 e. The molecule has 0 radical (unpaired) electrons. The number of carbonyl (C=O) groups excluding carboxylic acids is 2. The van der Waals surface area contributed by atoms with Crippen LogP contribution in [0.25, 0.3) is 0 Å². The molecule has 9 heteroatoms. The van der Waals surface area contributed by atoms with Crippen molar-refractivity contribution in [1.82, 2.24) is 4.31 Å². The summed E-state index contributed by atoms with van der Waals surface area (Å²) in [5.41, 5.74) is 2.93. The third-order valence-electron chi connectivity index (χ3n) is 7.55. The fourth-order valence-electron chi connectivity index (χ4n) is 5.45. The van der Waals surface area contributed by atoms with E-state index in [1.165, 1.54) is 21.3 Å². The second-order valence-electron chi connectivity index (χ2n) is 10.2. The van der Waals surface area contributed by atoms with Crippen LogP contribution >= 0.6 is 22.9 Å². The van der Waals surface area contributed by atoms with E-state index < -0.39 is 10.0 Å². The zero-order valence-electron chi connectivity index (χ0n) is 22.0. The Balaban J connectivity index is 1.42. The van der Waals surface area contributed by atoms with Crippen molar-refractivity contribution in [2.45, 2.75) is 62.7 Å². The van der Waals surface area contributed by atoms with Crippen molar-refractivity contribution in [2.24, 2.45) is 0 Å². The van der Waals surface area contributed by atoms with Crippen LogP contribution in [0.15, 0.2) is 47.4 Å². The summed E-state index contributed by atoms with van der Waals surface area (Å²) in [5, 5.41) is 0.110. The second kappa shape index (κ2) is 11.9. The lowest BCUT2D eigenvalue weighted by Crippen LogP contribution is -2.35. The van der Waals surface area contributed by atoms with Crippen LogP contribution in [0.1, 0.15) is 73.7 Å². The minimum atomic E-state index is -3.80. The minimum absolute atomic E-state index is 0.00633. The maximum absolute atomic E-state index is 13.6. The van der Waals surface area contributed by atoms with Gasteiger partial charge in [0.05, 0.1) is 12.1 Å². The number of nitrogens with zero attached hydrogens (tertiary/aromatic N) is 1. The predicted molar refractivity (Wildman–Crippen MR) is 154 cm³/mol. The largest absolute Gasteiger partial charge is 0.497 e. The van der Waals surface area contributed by atoms with Gasteiger partial charge in [-0.25, -0.2) is 8.42 Å². The Hall–Kier alpha value is -2.52. The number of hydrogen-bond acceptors (Lipinski definition) is 6. The molecule has 39 heavy (non-hydrogen) atoms. The molecule has 2 aliphatic rings. The smallest absolute Gasteiger partial charge is 0.244 e. The normalized spacial score (nSPS) is 16.1. The molecule has 0 bridgehead atoms. The number of rotatable bonds is 9. The fraction of sp³-hybridized carbons (Fsp3) is 0.400. The number of piperidine rings is 1. The molecule has 2 heterocycles. The highest BCUT2D eigenvalue weighted by molar-refractivity contribution is 7.89. The van der Waals surface area contributed by atoms with Crippen LogP contribution in [0.4, 0.5) is 0 Å². The number of sulfonamides is 1. The molecule has 2 aromatic carbocycles. The van der Waals surface area contributed by atoms with Gasteiger partial charge in [-0.3, -0.25) is 9.59 Å². The van der Waals surface area contributed by atoms with E-state index in [1.54, 1.807) is 24.5 Å². The van der Waals surface area contributed by atoms with Crippen LogP contribution in [0.5, 0.6) is 5.75 Å². The topological polar surface area (TPSA) is 80.8 Å². The molecule has 3 aromatic rings. The van der Waals surface area contributed by atoms with E-state index in [0.717, 1.165) is 66.7 Å². The Labute approximate surface area is 239 Å². The van der Waals surface area contributed by atoms with E-state index in [2.05, 4.69) is 0 Å². The molecule has 5 rings (SSSR count). The summed E-state index contributed by atoms with van der Waals surface area (Å²) < 4.78 is 33.3. The molecule has 0 spiro atoms. The number of aryl methyl sites for hydroxylation is 1. The van der Waals surface area contributed by atoms with Crippen molar-refractivity contribution in [3.8, 4) is 5.75 Å². The molecular formula is C30H32ClNO5S2. The Kier molecular flexibility index (Phi) is 8.57. The lowest BCUT2D eigenvalue weighted by Gasteiger charge is -2.26. The molecule has 0 saturated carbocycles. The number of benzene rings is 2. The molecule has 1 aliphatic carbocycles. The third kappa shape index (κ3) is 5.99. The van der Waals surface area contributed by atoms with Gasteiger partial charge in [-0.1, -0.05) is 30.2 Å². The van der Waals surface area contributed by atoms with E-state index >= 15 is 0 Å². The Morgan fingerprint density at radius 2 is 1.64 bits per heavy atom. The average molecular weight is 586 g/mol. The van der Waals surface area contributed by atoms with Gasteiger partial charge < -0.3 is 4.74 Å². The number of hydrogen-bond donors (Lipinski definition) is 0. The van der Waals surface area contributed by atoms with E-state index in [-0.39, 0.29) is 39.9 Å².